The summed E-state index contributed by atoms with van der Waals surface area (Å²) in [6.45, 7) is 7.57. The van der Waals surface area contributed by atoms with Gasteiger partial charge in [-0.25, -0.2) is 24.8 Å². The van der Waals surface area contributed by atoms with Crippen molar-refractivity contribution in [3.63, 3.8) is 0 Å². The predicted molar refractivity (Wildman–Crippen MR) is 128 cm³/mol. The summed E-state index contributed by atoms with van der Waals surface area (Å²) in [5, 5.41) is 19.0. The Bertz CT molecular complexity index is 1700. The molecule has 0 aliphatic rings. The van der Waals surface area contributed by atoms with Crippen molar-refractivity contribution in [2.24, 2.45) is 0 Å². The van der Waals surface area contributed by atoms with Crippen molar-refractivity contribution in [3.8, 4) is 33.9 Å². The first-order valence-electron chi connectivity index (χ1n) is 10.3. The molecule has 168 valence electrons. The van der Waals surface area contributed by atoms with Crippen LogP contribution in [0.2, 0.25) is 0 Å². The number of pyridine rings is 1. The minimum atomic E-state index is 0.185. The van der Waals surface area contributed by atoms with E-state index in [-0.39, 0.29) is 6.54 Å². The molecular weight excluding hydrogens is 464 g/mol. The second-order valence-corrected chi connectivity index (χ2v) is 8.11. The highest BCUT2D eigenvalue weighted by molar-refractivity contribution is 7.07. The number of nitrogen functional groups attached to an aromatic ring is 1. The van der Waals surface area contributed by atoms with Gasteiger partial charge in [-0.3, -0.25) is 0 Å². The molecule has 6 aromatic rings. The van der Waals surface area contributed by atoms with Crippen LogP contribution < -0.4 is 5.73 Å². The average molecular weight is 479 g/mol. The van der Waals surface area contributed by atoms with Gasteiger partial charge in [0.15, 0.2) is 17.2 Å². The van der Waals surface area contributed by atoms with E-state index in [2.05, 4.69) is 40.3 Å². The van der Waals surface area contributed by atoms with Gasteiger partial charge in [0.1, 0.15) is 24.4 Å². The first-order valence-corrected chi connectivity index (χ1v) is 11.2. The number of tetrazole rings is 1. The smallest absolute Gasteiger partial charge is 0.224 e. The highest BCUT2D eigenvalue weighted by atomic mass is 32.1. The Kier molecular flexibility index (Phi) is 4.90. The lowest BCUT2D eigenvalue weighted by atomic mass is 9.98. The molecule has 0 saturated carbocycles. The number of thiazole rings is 1. The maximum atomic E-state index is 7.38. The molecule has 2 N–H and O–H groups in total. The fraction of sp³-hybridized carbons (Fsp3) is 0.0455. The summed E-state index contributed by atoms with van der Waals surface area (Å²) < 4.78 is 1.56. The Morgan fingerprint density at radius 1 is 1.09 bits per heavy atom. The third kappa shape index (κ3) is 3.73. The van der Waals surface area contributed by atoms with Crippen molar-refractivity contribution in [1.82, 2.24) is 49.8 Å². The average Bonchev–Trinajstić information content (AvgIpc) is 3.66. The van der Waals surface area contributed by atoms with Gasteiger partial charge in [-0.1, -0.05) is 18.2 Å². The number of hydrogen-bond donors (Lipinski definition) is 1. The number of aromatic nitrogens is 10. The van der Waals surface area contributed by atoms with E-state index in [0.717, 1.165) is 16.7 Å². The summed E-state index contributed by atoms with van der Waals surface area (Å²) in [4.78, 5) is 22.4. The number of hydrogen-bond acceptors (Lipinski definition) is 10. The molecule has 0 saturated heterocycles. The van der Waals surface area contributed by atoms with E-state index in [1.165, 1.54) is 22.5 Å². The van der Waals surface area contributed by atoms with Gasteiger partial charge < -0.3 is 5.73 Å². The van der Waals surface area contributed by atoms with Crippen LogP contribution in [0, 0.1) is 6.57 Å². The Morgan fingerprint density at radius 3 is 2.83 bits per heavy atom. The molecule has 12 nitrogen and oxygen atoms in total. The molecule has 0 amide bonds. The van der Waals surface area contributed by atoms with E-state index in [9.17, 15) is 0 Å². The normalized spacial score (nSPS) is 11.1. The summed E-state index contributed by atoms with van der Waals surface area (Å²) in [5.74, 6) is 1.26. The second kappa shape index (κ2) is 8.36. The van der Waals surface area contributed by atoms with Gasteiger partial charge in [0, 0.05) is 11.6 Å². The van der Waals surface area contributed by atoms with E-state index in [1.807, 2.05) is 17.5 Å². The summed E-state index contributed by atoms with van der Waals surface area (Å²) in [6, 6.07) is 10.9. The van der Waals surface area contributed by atoms with E-state index >= 15 is 0 Å². The van der Waals surface area contributed by atoms with Gasteiger partial charge in [0.2, 0.25) is 5.82 Å². The molecular formula is C22H14N12S. The lowest BCUT2D eigenvalue weighted by Crippen LogP contribution is -2.06. The topological polar surface area (TPSA) is 143 Å². The fourth-order valence-electron chi connectivity index (χ4n) is 3.69. The molecule has 0 atom stereocenters. The molecule has 5 heterocycles. The molecule has 0 spiro atoms. The van der Waals surface area contributed by atoms with Gasteiger partial charge in [-0.05, 0) is 34.5 Å². The first kappa shape index (κ1) is 20.5. The second-order valence-electron chi connectivity index (χ2n) is 7.40. The molecule has 0 unspecified atom stereocenters. The van der Waals surface area contributed by atoms with E-state index in [4.69, 9.17) is 17.3 Å². The van der Waals surface area contributed by atoms with Crippen LogP contribution in [-0.2, 0) is 6.54 Å². The zero-order chi connectivity index (χ0) is 23.8. The third-order valence-corrected chi connectivity index (χ3v) is 5.79. The molecule has 0 aliphatic heterocycles. The molecule has 1 aromatic carbocycles. The van der Waals surface area contributed by atoms with Crippen LogP contribution in [0.25, 0.3) is 44.4 Å². The summed E-state index contributed by atoms with van der Waals surface area (Å²) in [5.41, 5.74) is 12.8. The fourth-order valence-corrected chi connectivity index (χ4v) is 4.22. The number of fused-ring (bicyclic) bond motifs is 1. The van der Waals surface area contributed by atoms with Gasteiger partial charge in [-0.2, -0.15) is 9.31 Å². The van der Waals surface area contributed by atoms with E-state index < -0.39 is 0 Å². The summed E-state index contributed by atoms with van der Waals surface area (Å²) in [6.07, 6.45) is 3.13. The highest BCUT2D eigenvalue weighted by Gasteiger charge is 2.20. The minimum absolute atomic E-state index is 0.185. The lowest BCUT2D eigenvalue weighted by Gasteiger charge is -2.12. The molecule has 0 radical (unpaired) electrons. The summed E-state index contributed by atoms with van der Waals surface area (Å²) >= 11 is 1.46. The van der Waals surface area contributed by atoms with Gasteiger partial charge in [-0.15, -0.1) is 26.6 Å². The Labute approximate surface area is 201 Å². The SMILES string of the molecule is [C-]#[N+]c1cccc(-c2cc(N)n3nc(Cn4nnc(-c5cscn5)n4)nc3c2-c2ccncn2)c1. The van der Waals surface area contributed by atoms with Crippen molar-refractivity contribution in [1.29, 1.82) is 0 Å². The van der Waals surface area contributed by atoms with Crippen LogP contribution >= 0.6 is 11.3 Å². The van der Waals surface area contributed by atoms with Crippen LogP contribution in [0.3, 0.4) is 0 Å². The quantitative estimate of drug-likeness (QED) is 0.370. The zero-order valence-electron chi connectivity index (χ0n) is 17.9. The van der Waals surface area contributed by atoms with Crippen LogP contribution in [0.4, 0.5) is 11.5 Å². The Morgan fingerprint density at radius 2 is 2.03 bits per heavy atom. The van der Waals surface area contributed by atoms with Crippen LogP contribution in [0.1, 0.15) is 5.82 Å². The van der Waals surface area contributed by atoms with E-state index in [0.29, 0.717) is 40.2 Å². The minimum Gasteiger partial charge on any atom is -0.384 e. The number of benzene rings is 1. The van der Waals surface area contributed by atoms with Crippen molar-refractivity contribution in [2.75, 3.05) is 5.73 Å². The monoisotopic (exact) mass is 478 g/mol. The van der Waals surface area contributed by atoms with Crippen LogP contribution in [0.15, 0.2) is 59.8 Å². The third-order valence-electron chi connectivity index (χ3n) is 5.20. The molecule has 0 aliphatic carbocycles. The van der Waals surface area contributed by atoms with Crippen molar-refractivity contribution < 1.29 is 0 Å². The molecule has 0 bridgehead atoms. The van der Waals surface area contributed by atoms with Crippen LogP contribution in [-0.4, -0.2) is 49.8 Å². The Hall–Kier alpha value is -5.09. The zero-order valence-corrected chi connectivity index (χ0v) is 18.7. The largest absolute Gasteiger partial charge is 0.384 e. The van der Waals surface area contributed by atoms with Crippen molar-refractivity contribution in [3.05, 3.63) is 77.1 Å². The first-order chi connectivity index (χ1) is 17.2. The van der Waals surface area contributed by atoms with Gasteiger partial charge in [0.25, 0.3) is 0 Å². The number of nitrogens with two attached hydrogens (primary N) is 1. The molecule has 5 aromatic heterocycles. The Balaban J connectivity index is 1.49. The molecule has 6 rings (SSSR count). The van der Waals surface area contributed by atoms with Gasteiger partial charge >= 0.3 is 0 Å². The van der Waals surface area contributed by atoms with E-state index in [1.54, 1.807) is 40.5 Å². The molecule has 35 heavy (non-hydrogen) atoms. The van der Waals surface area contributed by atoms with Crippen molar-refractivity contribution in [2.45, 2.75) is 6.54 Å². The highest BCUT2D eigenvalue weighted by Crippen LogP contribution is 2.37. The van der Waals surface area contributed by atoms with Gasteiger partial charge in [0.05, 0.1) is 23.3 Å². The summed E-state index contributed by atoms with van der Waals surface area (Å²) in [7, 11) is 0. The number of anilines is 1. The maximum Gasteiger partial charge on any atom is 0.224 e. The molecule has 0 fully saturated rings. The van der Waals surface area contributed by atoms with Crippen LogP contribution in [0.5, 0.6) is 0 Å². The lowest BCUT2D eigenvalue weighted by molar-refractivity contribution is 0.554. The predicted octanol–water partition coefficient (Wildman–Crippen LogP) is 3.14. The van der Waals surface area contributed by atoms with Crippen molar-refractivity contribution >= 4 is 28.5 Å². The number of nitrogens with zero attached hydrogens (tertiary/aromatic N) is 11. The number of rotatable bonds is 5. The maximum absolute atomic E-state index is 7.38. The molecule has 13 heteroatoms. The standard InChI is InChI=1S/C22H14N12S/c1-24-14-4-2-3-13(7-14)15-8-18(23)34-22(20(15)16-5-6-25-11-26-16)28-19(30-34)9-33-31-21(29-32-33)17-10-35-12-27-17/h2-8,10-12H,9,23H2.